The molecular weight excluding hydrogens is 160 g/mol. The van der Waals surface area contributed by atoms with Crippen molar-refractivity contribution in [2.24, 2.45) is 0 Å². The Kier molecular flexibility index (Phi) is 7.79. The Balaban J connectivity index is 2.85. The Morgan fingerprint density at radius 3 is 2.45 bits per heavy atom. The van der Waals surface area contributed by atoms with E-state index in [0.29, 0.717) is 6.42 Å². The molecule has 0 saturated heterocycles. The Labute approximate surface area is 72.4 Å². The summed E-state index contributed by atoms with van der Waals surface area (Å²) in [4.78, 5) is 10.1. The van der Waals surface area contributed by atoms with Gasteiger partial charge in [0, 0.05) is 6.42 Å². The van der Waals surface area contributed by atoms with E-state index in [1.165, 1.54) is 18.6 Å². The van der Waals surface area contributed by atoms with Gasteiger partial charge in [0.15, 0.2) is 0 Å². The largest absolute Gasteiger partial charge is 0.481 e. The molecule has 0 bridgehead atoms. The van der Waals surface area contributed by atoms with E-state index in [0.717, 1.165) is 12.8 Å². The number of hydrogen-bond acceptors (Lipinski definition) is 2. The number of hydrogen-bond donors (Lipinski definition) is 1. The number of rotatable bonds is 7. The van der Waals surface area contributed by atoms with Crippen LogP contribution in [0.1, 0.15) is 32.1 Å². The molecule has 1 N–H and O–H groups in total. The topological polar surface area (TPSA) is 37.3 Å². The molecule has 0 aromatic rings. The molecule has 11 heavy (non-hydrogen) atoms. The van der Waals surface area contributed by atoms with Crippen LogP contribution in [0, 0.1) is 0 Å². The van der Waals surface area contributed by atoms with Crippen molar-refractivity contribution in [3.63, 3.8) is 0 Å². The second-order valence-corrected chi connectivity index (χ2v) is 3.54. The SMILES string of the molecule is CSCCCCCCC(=O)O. The van der Waals surface area contributed by atoms with Crippen LogP contribution in [0.5, 0.6) is 0 Å². The lowest BCUT2D eigenvalue weighted by atomic mass is 10.2. The van der Waals surface area contributed by atoms with Crippen molar-refractivity contribution in [1.82, 2.24) is 0 Å². The summed E-state index contributed by atoms with van der Waals surface area (Å²) in [6, 6.07) is 0. The minimum Gasteiger partial charge on any atom is -0.481 e. The summed E-state index contributed by atoms with van der Waals surface area (Å²) in [7, 11) is 0. The normalized spacial score (nSPS) is 9.91. The molecule has 0 aromatic carbocycles. The first-order chi connectivity index (χ1) is 5.27. The molecule has 0 aromatic heterocycles. The molecule has 66 valence electrons. The van der Waals surface area contributed by atoms with Gasteiger partial charge in [-0.2, -0.15) is 11.8 Å². The van der Waals surface area contributed by atoms with E-state index < -0.39 is 5.97 Å². The van der Waals surface area contributed by atoms with Gasteiger partial charge in [0.05, 0.1) is 0 Å². The summed E-state index contributed by atoms with van der Waals surface area (Å²) in [5, 5.41) is 8.31. The van der Waals surface area contributed by atoms with Crippen LogP contribution in [-0.4, -0.2) is 23.1 Å². The van der Waals surface area contributed by atoms with Gasteiger partial charge < -0.3 is 5.11 Å². The fourth-order valence-electron chi connectivity index (χ4n) is 0.876. The van der Waals surface area contributed by atoms with E-state index in [2.05, 4.69) is 6.26 Å². The van der Waals surface area contributed by atoms with Crippen LogP contribution in [0.15, 0.2) is 0 Å². The van der Waals surface area contributed by atoms with Crippen LogP contribution in [-0.2, 0) is 4.79 Å². The van der Waals surface area contributed by atoms with Gasteiger partial charge in [-0.3, -0.25) is 4.79 Å². The lowest BCUT2D eigenvalue weighted by Crippen LogP contribution is -1.93. The van der Waals surface area contributed by atoms with Gasteiger partial charge in [-0.25, -0.2) is 0 Å². The average Bonchev–Trinajstić information content (AvgIpc) is 1.96. The number of carboxylic acids is 1. The third-order valence-electron chi connectivity index (χ3n) is 1.49. The van der Waals surface area contributed by atoms with Crippen LogP contribution in [0.25, 0.3) is 0 Å². The Morgan fingerprint density at radius 2 is 1.91 bits per heavy atom. The van der Waals surface area contributed by atoms with Crippen LogP contribution < -0.4 is 0 Å². The van der Waals surface area contributed by atoms with Gasteiger partial charge in [-0.15, -0.1) is 0 Å². The maximum absolute atomic E-state index is 10.1. The molecule has 0 aliphatic heterocycles. The smallest absolute Gasteiger partial charge is 0.303 e. The summed E-state index contributed by atoms with van der Waals surface area (Å²) in [5.41, 5.74) is 0. The van der Waals surface area contributed by atoms with E-state index in [9.17, 15) is 4.79 Å². The monoisotopic (exact) mass is 176 g/mol. The highest BCUT2D eigenvalue weighted by Gasteiger charge is 1.95. The van der Waals surface area contributed by atoms with Gasteiger partial charge in [-0.1, -0.05) is 12.8 Å². The standard InChI is InChI=1S/C8H16O2S/c1-11-7-5-3-2-4-6-8(9)10/h2-7H2,1H3,(H,9,10). The Hall–Kier alpha value is -0.180. The van der Waals surface area contributed by atoms with Crippen molar-refractivity contribution in [3.05, 3.63) is 0 Å². The molecule has 2 nitrogen and oxygen atoms in total. The summed E-state index contributed by atoms with van der Waals surface area (Å²) >= 11 is 1.85. The van der Waals surface area contributed by atoms with E-state index >= 15 is 0 Å². The van der Waals surface area contributed by atoms with Crippen molar-refractivity contribution < 1.29 is 9.90 Å². The third kappa shape index (κ3) is 9.82. The van der Waals surface area contributed by atoms with E-state index in [4.69, 9.17) is 5.11 Å². The first-order valence-electron chi connectivity index (χ1n) is 3.98. The predicted molar refractivity (Wildman–Crippen MR) is 49.1 cm³/mol. The molecule has 0 aliphatic rings. The quantitative estimate of drug-likeness (QED) is 0.605. The maximum atomic E-state index is 10.1. The highest BCUT2D eigenvalue weighted by Crippen LogP contribution is 2.05. The third-order valence-corrected chi connectivity index (χ3v) is 2.19. The van der Waals surface area contributed by atoms with Crippen molar-refractivity contribution >= 4 is 17.7 Å². The molecule has 0 fully saturated rings. The van der Waals surface area contributed by atoms with Crippen molar-refractivity contribution in [1.29, 1.82) is 0 Å². The number of unbranched alkanes of at least 4 members (excludes halogenated alkanes) is 3. The fraction of sp³-hybridized carbons (Fsp3) is 0.875. The second kappa shape index (κ2) is 7.92. The molecule has 0 unspecified atom stereocenters. The first kappa shape index (κ1) is 10.8. The van der Waals surface area contributed by atoms with Gasteiger partial charge in [-0.05, 0) is 24.9 Å². The first-order valence-corrected chi connectivity index (χ1v) is 5.37. The average molecular weight is 176 g/mol. The number of aliphatic carboxylic acids is 1. The molecule has 0 rings (SSSR count). The zero-order valence-electron chi connectivity index (χ0n) is 7.01. The minimum absolute atomic E-state index is 0.333. The second-order valence-electron chi connectivity index (χ2n) is 2.55. The molecule has 3 heteroatoms. The molecule has 0 saturated carbocycles. The van der Waals surface area contributed by atoms with Gasteiger partial charge in [0.2, 0.25) is 0 Å². The summed E-state index contributed by atoms with van der Waals surface area (Å²) < 4.78 is 0. The zero-order chi connectivity index (χ0) is 8.53. The summed E-state index contributed by atoms with van der Waals surface area (Å²) in [6.07, 6.45) is 6.72. The number of thioether (sulfide) groups is 1. The van der Waals surface area contributed by atoms with Crippen molar-refractivity contribution in [2.75, 3.05) is 12.0 Å². The highest BCUT2D eigenvalue weighted by molar-refractivity contribution is 7.98. The van der Waals surface area contributed by atoms with Crippen LogP contribution in [0.2, 0.25) is 0 Å². The fourth-order valence-corrected chi connectivity index (χ4v) is 1.37. The number of carbonyl (C=O) groups is 1. The summed E-state index contributed by atoms with van der Waals surface area (Å²) in [5.74, 6) is 0.530. The highest BCUT2D eigenvalue weighted by atomic mass is 32.2. The van der Waals surface area contributed by atoms with Crippen LogP contribution in [0.4, 0.5) is 0 Å². The van der Waals surface area contributed by atoms with Crippen LogP contribution >= 0.6 is 11.8 Å². The molecule has 0 radical (unpaired) electrons. The van der Waals surface area contributed by atoms with E-state index in [1.807, 2.05) is 11.8 Å². The Morgan fingerprint density at radius 1 is 1.27 bits per heavy atom. The molecule has 0 spiro atoms. The van der Waals surface area contributed by atoms with E-state index in [-0.39, 0.29) is 0 Å². The predicted octanol–water partition coefficient (Wildman–Crippen LogP) is 2.38. The molecular formula is C8H16O2S. The molecule has 0 amide bonds. The van der Waals surface area contributed by atoms with E-state index in [1.54, 1.807) is 0 Å². The zero-order valence-corrected chi connectivity index (χ0v) is 7.82. The minimum atomic E-state index is -0.671. The van der Waals surface area contributed by atoms with Gasteiger partial charge in [0.25, 0.3) is 0 Å². The number of carboxylic acid groups (broad SMARTS) is 1. The van der Waals surface area contributed by atoms with Crippen molar-refractivity contribution in [3.8, 4) is 0 Å². The Bertz CT molecular complexity index is 104. The van der Waals surface area contributed by atoms with Gasteiger partial charge >= 0.3 is 5.97 Å². The lowest BCUT2D eigenvalue weighted by molar-refractivity contribution is -0.137. The van der Waals surface area contributed by atoms with Crippen LogP contribution in [0.3, 0.4) is 0 Å². The maximum Gasteiger partial charge on any atom is 0.303 e. The summed E-state index contributed by atoms with van der Waals surface area (Å²) in [6.45, 7) is 0. The molecule has 0 aliphatic carbocycles. The lowest BCUT2D eigenvalue weighted by Gasteiger charge is -1.96. The van der Waals surface area contributed by atoms with Gasteiger partial charge in [0.1, 0.15) is 0 Å². The molecule has 0 atom stereocenters. The molecule has 0 heterocycles. The van der Waals surface area contributed by atoms with Crippen molar-refractivity contribution in [2.45, 2.75) is 32.1 Å².